The molecule has 0 spiro atoms. The van der Waals surface area contributed by atoms with Crippen molar-refractivity contribution in [3.05, 3.63) is 39.5 Å². The van der Waals surface area contributed by atoms with Crippen molar-refractivity contribution in [1.82, 2.24) is 14.8 Å². The summed E-state index contributed by atoms with van der Waals surface area (Å²) in [5.41, 5.74) is 1.24. The van der Waals surface area contributed by atoms with Gasteiger partial charge in [-0.05, 0) is 38.6 Å². The number of benzene rings is 1. The van der Waals surface area contributed by atoms with Gasteiger partial charge in [0.2, 0.25) is 11.3 Å². The van der Waals surface area contributed by atoms with E-state index in [0.29, 0.717) is 25.0 Å². The summed E-state index contributed by atoms with van der Waals surface area (Å²) in [5, 5.41) is 13.7. The monoisotopic (exact) mass is 315 g/mol. The molecule has 6 nitrogen and oxygen atoms in total. The zero-order valence-corrected chi connectivity index (χ0v) is 13.4. The number of pyridine rings is 1. The average molecular weight is 315 g/mol. The van der Waals surface area contributed by atoms with Gasteiger partial charge in [0.1, 0.15) is 5.56 Å². The molecular weight excluding hydrogens is 294 g/mol. The summed E-state index contributed by atoms with van der Waals surface area (Å²) >= 11 is 0. The Labute approximate surface area is 134 Å². The molecule has 0 saturated carbocycles. The number of para-hydroxylation sites is 1. The summed E-state index contributed by atoms with van der Waals surface area (Å²) in [7, 11) is 3.81. The summed E-state index contributed by atoms with van der Waals surface area (Å²) in [5.74, 6) is -0.743. The van der Waals surface area contributed by atoms with Crippen molar-refractivity contribution in [2.75, 3.05) is 27.2 Å². The van der Waals surface area contributed by atoms with E-state index in [0.717, 1.165) is 23.9 Å². The van der Waals surface area contributed by atoms with Gasteiger partial charge in [-0.2, -0.15) is 0 Å². The molecule has 23 heavy (non-hydrogen) atoms. The lowest BCUT2D eigenvalue weighted by molar-refractivity contribution is 0.0946. The number of hydrogen-bond acceptors (Lipinski definition) is 4. The number of aromatic hydroxyl groups is 1. The number of aryl methyl sites for hydroxylation is 2. The highest BCUT2D eigenvalue weighted by atomic mass is 16.3. The third-order valence-corrected chi connectivity index (χ3v) is 4.24. The third-order valence-electron chi connectivity index (χ3n) is 4.24. The van der Waals surface area contributed by atoms with Crippen LogP contribution in [0, 0.1) is 0 Å². The first-order chi connectivity index (χ1) is 11.0. The minimum Gasteiger partial charge on any atom is -0.494 e. The van der Waals surface area contributed by atoms with Crippen LogP contribution in [0.3, 0.4) is 0 Å². The largest absolute Gasteiger partial charge is 0.494 e. The topological polar surface area (TPSA) is 74.6 Å². The Morgan fingerprint density at radius 2 is 2.17 bits per heavy atom. The molecular formula is C17H21N3O3. The van der Waals surface area contributed by atoms with Gasteiger partial charge in [0.25, 0.3) is 5.91 Å². The van der Waals surface area contributed by atoms with Gasteiger partial charge in [0, 0.05) is 25.0 Å². The van der Waals surface area contributed by atoms with Crippen LogP contribution in [0.1, 0.15) is 22.3 Å². The molecule has 1 aromatic heterocycles. The van der Waals surface area contributed by atoms with Crippen LogP contribution in [0.4, 0.5) is 0 Å². The molecule has 0 saturated heterocycles. The Balaban J connectivity index is 2.08. The number of carbonyl (C=O) groups excluding carboxylic acids is 1. The lowest BCUT2D eigenvalue weighted by Gasteiger charge is -2.22. The van der Waals surface area contributed by atoms with Crippen LogP contribution in [-0.4, -0.2) is 47.7 Å². The number of carbonyl (C=O) groups is 1. The molecule has 3 rings (SSSR count). The van der Waals surface area contributed by atoms with Gasteiger partial charge < -0.3 is 19.9 Å². The van der Waals surface area contributed by atoms with E-state index in [4.69, 9.17) is 0 Å². The van der Waals surface area contributed by atoms with E-state index < -0.39 is 11.3 Å². The van der Waals surface area contributed by atoms with E-state index in [1.165, 1.54) is 0 Å². The minimum atomic E-state index is -0.518. The Morgan fingerprint density at radius 1 is 1.39 bits per heavy atom. The number of hydrogen-bond donors (Lipinski definition) is 2. The van der Waals surface area contributed by atoms with Crippen LogP contribution in [0.15, 0.2) is 23.0 Å². The maximum atomic E-state index is 12.7. The van der Waals surface area contributed by atoms with Crippen molar-refractivity contribution in [1.29, 1.82) is 0 Å². The number of nitrogens with one attached hydrogen (secondary N) is 1. The minimum absolute atomic E-state index is 0.157. The highest BCUT2D eigenvalue weighted by Crippen LogP contribution is 2.29. The number of aromatic nitrogens is 1. The molecule has 2 aromatic rings. The van der Waals surface area contributed by atoms with Crippen LogP contribution >= 0.6 is 0 Å². The molecule has 1 amide bonds. The van der Waals surface area contributed by atoms with Gasteiger partial charge >= 0.3 is 0 Å². The summed E-state index contributed by atoms with van der Waals surface area (Å²) < 4.78 is 1.69. The van der Waals surface area contributed by atoms with Gasteiger partial charge in [-0.1, -0.05) is 12.1 Å². The predicted octanol–water partition coefficient (Wildman–Crippen LogP) is 0.945. The highest BCUT2D eigenvalue weighted by molar-refractivity contribution is 6.00. The molecule has 0 radical (unpaired) electrons. The second kappa shape index (κ2) is 6.04. The summed E-state index contributed by atoms with van der Waals surface area (Å²) in [6.45, 7) is 1.69. The fraction of sp³-hybridized carbons (Fsp3) is 0.412. The summed E-state index contributed by atoms with van der Waals surface area (Å²) in [6, 6.07) is 5.52. The van der Waals surface area contributed by atoms with Crippen LogP contribution in [0.25, 0.3) is 10.9 Å². The predicted molar refractivity (Wildman–Crippen MR) is 89.1 cm³/mol. The Morgan fingerprint density at radius 3 is 2.91 bits per heavy atom. The van der Waals surface area contributed by atoms with Crippen molar-refractivity contribution in [2.45, 2.75) is 19.4 Å². The van der Waals surface area contributed by atoms with Gasteiger partial charge in [-0.3, -0.25) is 9.59 Å². The average Bonchev–Trinajstić information content (AvgIpc) is 2.52. The zero-order chi connectivity index (χ0) is 16.6. The van der Waals surface area contributed by atoms with E-state index >= 15 is 0 Å². The number of rotatable bonds is 4. The SMILES string of the molecule is CN(C)CCNC(=O)c1c(O)n2c3c(cccc3c1=O)CCC2. The first-order valence-corrected chi connectivity index (χ1v) is 7.81. The maximum absolute atomic E-state index is 12.7. The fourth-order valence-electron chi connectivity index (χ4n) is 3.10. The first kappa shape index (κ1) is 15.6. The van der Waals surface area contributed by atoms with Crippen LogP contribution < -0.4 is 10.7 Å². The molecule has 0 atom stereocenters. The number of amides is 1. The molecule has 1 aliphatic heterocycles. The second-order valence-electron chi connectivity index (χ2n) is 6.16. The van der Waals surface area contributed by atoms with Crippen molar-refractivity contribution in [3.8, 4) is 5.88 Å². The molecule has 0 unspecified atom stereocenters. The molecule has 0 bridgehead atoms. The Bertz CT molecular complexity index is 824. The van der Waals surface area contributed by atoms with E-state index in [2.05, 4.69) is 5.32 Å². The lowest BCUT2D eigenvalue weighted by Crippen LogP contribution is -2.35. The summed E-state index contributed by atoms with van der Waals surface area (Å²) in [4.78, 5) is 27.0. The fourth-order valence-corrected chi connectivity index (χ4v) is 3.10. The highest BCUT2D eigenvalue weighted by Gasteiger charge is 2.24. The molecule has 2 heterocycles. The van der Waals surface area contributed by atoms with Crippen molar-refractivity contribution in [2.24, 2.45) is 0 Å². The first-order valence-electron chi connectivity index (χ1n) is 7.81. The van der Waals surface area contributed by atoms with Gasteiger partial charge in [0.05, 0.1) is 5.52 Å². The number of likely N-dealkylation sites (N-methyl/N-ethyl adjacent to an activating group) is 1. The zero-order valence-electron chi connectivity index (χ0n) is 13.4. The van der Waals surface area contributed by atoms with E-state index in [1.807, 2.05) is 31.1 Å². The smallest absolute Gasteiger partial charge is 0.260 e. The second-order valence-corrected chi connectivity index (χ2v) is 6.16. The van der Waals surface area contributed by atoms with Gasteiger partial charge in [0.15, 0.2) is 0 Å². The van der Waals surface area contributed by atoms with Crippen molar-refractivity contribution < 1.29 is 9.90 Å². The quantitative estimate of drug-likeness (QED) is 0.881. The Kier molecular flexibility index (Phi) is 4.09. The van der Waals surface area contributed by atoms with E-state index in [-0.39, 0.29) is 11.4 Å². The Hall–Kier alpha value is -2.34. The molecule has 1 aromatic carbocycles. The van der Waals surface area contributed by atoms with E-state index in [9.17, 15) is 14.7 Å². The van der Waals surface area contributed by atoms with Crippen molar-refractivity contribution in [3.63, 3.8) is 0 Å². The van der Waals surface area contributed by atoms with Crippen molar-refractivity contribution >= 4 is 16.8 Å². The molecule has 0 fully saturated rings. The molecule has 122 valence electrons. The maximum Gasteiger partial charge on any atom is 0.260 e. The van der Waals surface area contributed by atoms with Crippen LogP contribution in [-0.2, 0) is 13.0 Å². The lowest BCUT2D eigenvalue weighted by atomic mass is 9.99. The molecule has 2 N–H and O–H groups in total. The third kappa shape index (κ3) is 2.70. The molecule has 1 aliphatic rings. The normalized spacial score (nSPS) is 13.5. The van der Waals surface area contributed by atoms with Crippen LogP contribution in [0.5, 0.6) is 5.88 Å². The molecule has 0 aliphatic carbocycles. The standard InChI is InChI=1S/C17H21N3O3/c1-19(2)10-8-18-16(22)13-15(21)12-7-3-5-11-6-4-9-20(14(11)12)17(13)23/h3,5,7,23H,4,6,8-10H2,1-2H3,(H,18,22). The van der Waals surface area contributed by atoms with Crippen LogP contribution in [0.2, 0.25) is 0 Å². The summed E-state index contributed by atoms with van der Waals surface area (Å²) in [6.07, 6.45) is 1.76. The van der Waals surface area contributed by atoms with Gasteiger partial charge in [-0.25, -0.2) is 0 Å². The van der Waals surface area contributed by atoms with E-state index in [1.54, 1.807) is 10.6 Å². The number of nitrogens with zero attached hydrogens (tertiary/aromatic N) is 2. The van der Waals surface area contributed by atoms with Gasteiger partial charge in [-0.15, -0.1) is 0 Å². The molecule has 6 heteroatoms.